The minimum Gasteiger partial charge on any atom is -0.127 e. The van der Waals surface area contributed by atoms with Crippen LogP contribution in [0.25, 0.3) is 0 Å². The predicted octanol–water partition coefficient (Wildman–Crippen LogP) is 5.81. The highest BCUT2D eigenvalue weighted by Gasteiger charge is 2.17. The number of alkyl halides is 1. The van der Waals surface area contributed by atoms with Crippen LogP contribution < -0.4 is 0 Å². The van der Waals surface area contributed by atoms with Gasteiger partial charge in [-0.3, -0.25) is 0 Å². The van der Waals surface area contributed by atoms with Crippen molar-refractivity contribution >= 4 is 38.9 Å². The average Bonchev–Trinajstić information content (AvgIpc) is 2.84. The molecule has 0 nitrogen and oxygen atoms in total. The highest BCUT2D eigenvalue weighted by atomic mass is 79.9. The fourth-order valence-electron chi connectivity index (χ4n) is 2.32. The third kappa shape index (κ3) is 3.47. The lowest BCUT2D eigenvalue weighted by molar-refractivity contribution is 0.484. The molecular formula is C12H16BrClS. The second-order valence-corrected chi connectivity index (χ2v) is 7.19. The first-order chi connectivity index (χ1) is 7.25. The molecule has 0 N–H and O–H groups in total. The first-order valence-corrected chi connectivity index (χ1v) is 7.76. The number of hydrogen-bond donors (Lipinski definition) is 0. The van der Waals surface area contributed by atoms with Crippen molar-refractivity contribution in [2.45, 2.75) is 43.4 Å². The fraction of sp³-hybridized carbons (Fsp3) is 0.667. The van der Waals surface area contributed by atoms with E-state index in [0.29, 0.717) is 4.83 Å². The Labute approximate surface area is 109 Å². The van der Waals surface area contributed by atoms with Gasteiger partial charge in [0.15, 0.2) is 0 Å². The first kappa shape index (κ1) is 11.9. The summed E-state index contributed by atoms with van der Waals surface area (Å²) < 4.78 is 0.898. The molecule has 1 unspecified atom stereocenters. The molecule has 1 aromatic rings. The molecule has 0 amide bonds. The Balaban J connectivity index is 1.79. The van der Waals surface area contributed by atoms with Crippen LogP contribution in [0.5, 0.6) is 0 Å². The maximum Gasteiger partial charge on any atom is 0.0931 e. The van der Waals surface area contributed by atoms with Crippen molar-refractivity contribution < 1.29 is 0 Å². The third-order valence-corrected chi connectivity index (χ3v) is 5.80. The largest absolute Gasteiger partial charge is 0.127 e. The zero-order chi connectivity index (χ0) is 10.7. The van der Waals surface area contributed by atoms with Crippen LogP contribution in [0, 0.1) is 5.92 Å². The van der Waals surface area contributed by atoms with Gasteiger partial charge in [-0.25, -0.2) is 0 Å². The molecule has 0 radical (unpaired) electrons. The summed E-state index contributed by atoms with van der Waals surface area (Å²) in [7, 11) is 0. The van der Waals surface area contributed by atoms with E-state index >= 15 is 0 Å². The number of hydrogen-bond acceptors (Lipinski definition) is 1. The lowest BCUT2D eigenvalue weighted by Crippen LogP contribution is -1.95. The Morgan fingerprint density at radius 2 is 2.13 bits per heavy atom. The molecule has 1 heterocycles. The van der Waals surface area contributed by atoms with E-state index in [1.807, 2.05) is 6.07 Å². The van der Waals surface area contributed by atoms with Gasteiger partial charge < -0.3 is 0 Å². The van der Waals surface area contributed by atoms with Gasteiger partial charge in [0.2, 0.25) is 0 Å². The topological polar surface area (TPSA) is 0 Å². The normalized spacial score (nSPS) is 19.6. The predicted molar refractivity (Wildman–Crippen MR) is 72.2 cm³/mol. The van der Waals surface area contributed by atoms with Gasteiger partial charge in [-0.1, -0.05) is 53.2 Å². The van der Waals surface area contributed by atoms with Crippen molar-refractivity contribution in [3.8, 4) is 0 Å². The van der Waals surface area contributed by atoms with Crippen molar-refractivity contribution in [3.05, 3.63) is 21.3 Å². The zero-order valence-corrected chi connectivity index (χ0v) is 11.9. The van der Waals surface area contributed by atoms with Crippen LogP contribution in [0.1, 0.15) is 48.2 Å². The summed E-state index contributed by atoms with van der Waals surface area (Å²) in [5.74, 6) is 0.987. The van der Waals surface area contributed by atoms with E-state index in [4.69, 9.17) is 11.6 Å². The van der Waals surface area contributed by atoms with Crippen LogP contribution in [-0.4, -0.2) is 0 Å². The molecule has 1 aliphatic rings. The molecule has 15 heavy (non-hydrogen) atoms. The Bertz CT molecular complexity index is 304. The Kier molecular flexibility index (Phi) is 4.53. The maximum atomic E-state index is 5.93. The maximum absolute atomic E-state index is 5.93. The molecule has 1 atom stereocenters. The first-order valence-electron chi connectivity index (χ1n) is 5.65. The second kappa shape index (κ2) is 5.70. The summed E-state index contributed by atoms with van der Waals surface area (Å²) in [5.41, 5.74) is 0. The van der Waals surface area contributed by atoms with E-state index in [0.717, 1.165) is 10.3 Å². The highest BCUT2D eigenvalue weighted by molar-refractivity contribution is 9.09. The van der Waals surface area contributed by atoms with Gasteiger partial charge in [-0.2, -0.15) is 0 Å². The van der Waals surface area contributed by atoms with E-state index in [9.17, 15) is 0 Å². The molecule has 1 fully saturated rings. The van der Waals surface area contributed by atoms with Gasteiger partial charge in [0.25, 0.3) is 0 Å². The van der Waals surface area contributed by atoms with E-state index < -0.39 is 0 Å². The monoisotopic (exact) mass is 306 g/mol. The van der Waals surface area contributed by atoms with Gasteiger partial charge >= 0.3 is 0 Å². The molecular weight excluding hydrogens is 292 g/mol. The van der Waals surface area contributed by atoms with E-state index in [-0.39, 0.29) is 0 Å². The van der Waals surface area contributed by atoms with Gasteiger partial charge in [-0.15, -0.1) is 11.3 Å². The van der Waals surface area contributed by atoms with Crippen LogP contribution in [0.2, 0.25) is 4.34 Å². The molecule has 0 spiro atoms. The lowest BCUT2D eigenvalue weighted by atomic mass is 10.0. The standard InChI is InChI=1S/C12H16BrClS/c13-10(11-7-8-12(14)15-11)6-5-9-3-1-2-4-9/h7-10H,1-6H2. The highest BCUT2D eigenvalue weighted by Crippen LogP contribution is 2.38. The van der Waals surface area contributed by atoms with Gasteiger partial charge in [0.1, 0.15) is 0 Å². The molecule has 0 aromatic carbocycles. The third-order valence-electron chi connectivity index (χ3n) is 3.21. The minimum atomic E-state index is 0.510. The number of thiophene rings is 1. The zero-order valence-electron chi connectivity index (χ0n) is 8.72. The second-order valence-electron chi connectivity index (χ2n) is 4.34. The van der Waals surface area contributed by atoms with Crippen molar-refractivity contribution in [2.75, 3.05) is 0 Å². The van der Waals surface area contributed by atoms with Crippen LogP contribution >= 0.6 is 38.9 Å². The van der Waals surface area contributed by atoms with E-state index in [1.165, 1.54) is 43.4 Å². The van der Waals surface area contributed by atoms with Crippen molar-refractivity contribution in [2.24, 2.45) is 5.92 Å². The fourth-order valence-corrected chi connectivity index (χ4v) is 4.09. The minimum absolute atomic E-state index is 0.510. The number of halogens is 2. The van der Waals surface area contributed by atoms with Crippen LogP contribution in [0.3, 0.4) is 0 Å². The van der Waals surface area contributed by atoms with Crippen molar-refractivity contribution in [3.63, 3.8) is 0 Å². The Hall–Kier alpha value is 0.470. The quantitative estimate of drug-likeness (QED) is 0.616. The van der Waals surface area contributed by atoms with Gasteiger partial charge in [0.05, 0.1) is 4.34 Å². The molecule has 1 aliphatic carbocycles. The van der Waals surface area contributed by atoms with Crippen LogP contribution in [0.15, 0.2) is 12.1 Å². The summed E-state index contributed by atoms with van der Waals surface area (Å²) >= 11 is 11.4. The Morgan fingerprint density at radius 3 is 2.73 bits per heavy atom. The molecule has 0 bridgehead atoms. The molecule has 2 rings (SSSR count). The summed E-state index contributed by atoms with van der Waals surface area (Å²) in [5, 5.41) is 0. The number of rotatable bonds is 4. The van der Waals surface area contributed by atoms with Gasteiger partial charge in [-0.05, 0) is 30.9 Å². The summed E-state index contributed by atoms with van der Waals surface area (Å²) in [4.78, 5) is 1.88. The SMILES string of the molecule is Clc1ccc(C(Br)CCC2CCCC2)s1. The Morgan fingerprint density at radius 1 is 1.40 bits per heavy atom. The summed E-state index contributed by atoms with van der Waals surface area (Å²) in [6.45, 7) is 0. The van der Waals surface area contributed by atoms with Crippen LogP contribution in [0.4, 0.5) is 0 Å². The van der Waals surface area contributed by atoms with E-state index in [2.05, 4.69) is 22.0 Å². The smallest absolute Gasteiger partial charge is 0.0931 e. The summed E-state index contributed by atoms with van der Waals surface area (Å²) in [6, 6.07) is 4.13. The summed E-state index contributed by atoms with van der Waals surface area (Å²) in [6.07, 6.45) is 8.41. The molecule has 1 saturated carbocycles. The average molecular weight is 308 g/mol. The molecule has 1 aromatic heterocycles. The molecule has 3 heteroatoms. The molecule has 84 valence electrons. The van der Waals surface area contributed by atoms with Crippen LogP contribution in [-0.2, 0) is 0 Å². The molecule has 0 aliphatic heterocycles. The molecule has 0 saturated heterocycles. The van der Waals surface area contributed by atoms with Crippen molar-refractivity contribution in [1.82, 2.24) is 0 Å². The van der Waals surface area contributed by atoms with E-state index in [1.54, 1.807) is 11.3 Å². The lowest BCUT2D eigenvalue weighted by Gasteiger charge is -2.11. The van der Waals surface area contributed by atoms with Gasteiger partial charge in [0, 0.05) is 9.70 Å². The van der Waals surface area contributed by atoms with Crippen molar-refractivity contribution in [1.29, 1.82) is 0 Å².